The van der Waals surface area contributed by atoms with E-state index in [9.17, 15) is 4.79 Å². The van der Waals surface area contributed by atoms with Crippen LogP contribution in [-0.4, -0.2) is 32.7 Å². The molecule has 0 aliphatic carbocycles. The zero-order valence-electron chi connectivity index (χ0n) is 11.4. The van der Waals surface area contributed by atoms with Crippen molar-refractivity contribution in [3.8, 4) is 11.5 Å². The van der Waals surface area contributed by atoms with Gasteiger partial charge in [-0.2, -0.15) is 0 Å². The molecule has 4 heteroatoms. The highest BCUT2D eigenvalue weighted by molar-refractivity contribution is 5.76. The lowest BCUT2D eigenvalue weighted by atomic mass is 10.1. The Morgan fingerprint density at radius 3 is 2.50 bits per heavy atom. The van der Waals surface area contributed by atoms with Gasteiger partial charge >= 0.3 is 0 Å². The normalized spacial score (nSPS) is 11.1. The van der Waals surface area contributed by atoms with Crippen LogP contribution in [0.4, 0.5) is 0 Å². The summed E-state index contributed by atoms with van der Waals surface area (Å²) in [5, 5.41) is 0. The number of rotatable bonds is 7. The van der Waals surface area contributed by atoms with Gasteiger partial charge in [-0.25, -0.2) is 0 Å². The van der Waals surface area contributed by atoms with E-state index in [1.165, 1.54) is 0 Å². The van der Waals surface area contributed by atoms with Crippen molar-refractivity contribution >= 4 is 6.29 Å². The van der Waals surface area contributed by atoms with Gasteiger partial charge in [0, 0.05) is 19.1 Å². The molecule has 0 atom stereocenters. The van der Waals surface area contributed by atoms with E-state index in [1.54, 1.807) is 32.4 Å². The molecule has 0 saturated heterocycles. The van der Waals surface area contributed by atoms with Crippen molar-refractivity contribution in [3.63, 3.8) is 0 Å². The molecule has 0 saturated carbocycles. The standard InChI is InChI=1S/C14H20O4/c1-14(2,17-4)7-8-18-13-9-11(10-15)5-6-12(13)16-3/h5-6,9-10H,7-8H2,1-4H3. The molecule has 0 bridgehead atoms. The Labute approximate surface area is 108 Å². The zero-order valence-corrected chi connectivity index (χ0v) is 11.4. The molecular formula is C14H20O4. The number of benzene rings is 1. The first-order chi connectivity index (χ1) is 8.52. The fourth-order valence-corrected chi connectivity index (χ4v) is 1.39. The van der Waals surface area contributed by atoms with E-state index < -0.39 is 0 Å². The third kappa shape index (κ3) is 4.04. The molecule has 0 spiro atoms. The third-order valence-electron chi connectivity index (χ3n) is 2.84. The molecule has 1 rings (SSSR count). The average Bonchev–Trinajstić information content (AvgIpc) is 2.38. The third-order valence-corrected chi connectivity index (χ3v) is 2.84. The van der Waals surface area contributed by atoms with Crippen molar-refractivity contribution in [2.75, 3.05) is 20.8 Å². The van der Waals surface area contributed by atoms with Crippen molar-refractivity contribution in [2.24, 2.45) is 0 Å². The van der Waals surface area contributed by atoms with E-state index in [1.807, 2.05) is 13.8 Å². The Balaban J connectivity index is 2.68. The Kier molecular flexibility index (Phi) is 5.16. The highest BCUT2D eigenvalue weighted by Gasteiger charge is 2.16. The van der Waals surface area contributed by atoms with Crippen LogP contribution in [0.15, 0.2) is 18.2 Å². The molecule has 0 aromatic heterocycles. The van der Waals surface area contributed by atoms with Gasteiger partial charge in [0.2, 0.25) is 0 Å². The minimum Gasteiger partial charge on any atom is -0.493 e. The lowest BCUT2D eigenvalue weighted by Gasteiger charge is -2.23. The molecule has 0 aliphatic rings. The lowest BCUT2D eigenvalue weighted by Crippen LogP contribution is -2.25. The van der Waals surface area contributed by atoms with E-state index >= 15 is 0 Å². The highest BCUT2D eigenvalue weighted by atomic mass is 16.5. The van der Waals surface area contributed by atoms with Gasteiger partial charge in [0.25, 0.3) is 0 Å². The second-order valence-corrected chi connectivity index (χ2v) is 4.59. The summed E-state index contributed by atoms with van der Waals surface area (Å²) in [4.78, 5) is 10.7. The SMILES string of the molecule is COc1ccc(C=O)cc1OCCC(C)(C)OC. The smallest absolute Gasteiger partial charge is 0.161 e. The molecule has 0 amide bonds. The van der Waals surface area contributed by atoms with Crippen LogP contribution >= 0.6 is 0 Å². The number of carbonyl (C=O) groups excluding carboxylic acids is 1. The molecule has 100 valence electrons. The van der Waals surface area contributed by atoms with Gasteiger partial charge in [-0.1, -0.05) is 0 Å². The van der Waals surface area contributed by atoms with Crippen LogP contribution in [0.3, 0.4) is 0 Å². The molecule has 0 N–H and O–H groups in total. The van der Waals surface area contributed by atoms with Crippen molar-refractivity contribution in [3.05, 3.63) is 23.8 Å². The predicted molar refractivity (Wildman–Crippen MR) is 69.6 cm³/mol. The molecule has 1 aromatic carbocycles. The Morgan fingerprint density at radius 2 is 1.94 bits per heavy atom. The topological polar surface area (TPSA) is 44.8 Å². The van der Waals surface area contributed by atoms with Crippen LogP contribution in [0.5, 0.6) is 11.5 Å². The monoisotopic (exact) mass is 252 g/mol. The van der Waals surface area contributed by atoms with Gasteiger partial charge in [0.05, 0.1) is 19.3 Å². The number of methoxy groups -OCH3 is 2. The van der Waals surface area contributed by atoms with Gasteiger partial charge < -0.3 is 14.2 Å². The molecule has 1 aromatic rings. The van der Waals surface area contributed by atoms with Crippen molar-refractivity contribution in [1.29, 1.82) is 0 Å². The maximum Gasteiger partial charge on any atom is 0.161 e. The van der Waals surface area contributed by atoms with Crippen LogP contribution in [-0.2, 0) is 4.74 Å². The average molecular weight is 252 g/mol. The van der Waals surface area contributed by atoms with E-state index in [0.717, 1.165) is 12.7 Å². The van der Waals surface area contributed by atoms with E-state index in [2.05, 4.69) is 0 Å². The predicted octanol–water partition coefficient (Wildman–Crippen LogP) is 2.70. The molecule has 0 fully saturated rings. The van der Waals surface area contributed by atoms with Crippen LogP contribution in [0.25, 0.3) is 0 Å². The van der Waals surface area contributed by atoms with E-state index in [4.69, 9.17) is 14.2 Å². The number of carbonyl (C=O) groups is 1. The molecule has 18 heavy (non-hydrogen) atoms. The molecule has 4 nitrogen and oxygen atoms in total. The molecular weight excluding hydrogens is 232 g/mol. The Hall–Kier alpha value is -1.55. The van der Waals surface area contributed by atoms with Crippen LogP contribution in [0, 0.1) is 0 Å². The van der Waals surface area contributed by atoms with Gasteiger partial charge in [-0.05, 0) is 32.0 Å². The van der Waals surface area contributed by atoms with E-state index in [0.29, 0.717) is 23.7 Å². The number of aldehydes is 1. The Bertz CT molecular complexity index is 399. The summed E-state index contributed by atoms with van der Waals surface area (Å²) in [7, 11) is 3.25. The summed E-state index contributed by atoms with van der Waals surface area (Å²) in [5.74, 6) is 1.20. The molecule has 0 radical (unpaired) electrons. The Morgan fingerprint density at radius 1 is 1.22 bits per heavy atom. The zero-order chi connectivity index (χ0) is 13.6. The number of hydrogen-bond donors (Lipinski definition) is 0. The van der Waals surface area contributed by atoms with Gasteiger partial charge in [-0.3, -0.25) is 4.79 Å². The van der Waals surface area contributed by atoms with Crippen LogP contribution < -0.4 is 9.47 Å². The summed E-state index contributed by atoms with van der Waals surface area (Å²) in [6.45, 7) is 4.49. The molecule has 0 unspecified atom stereocenters. The van der Waals surface area contributed by atoms with Crippen molar-refractivity contribution in [2.45, 2.75) is 25.9 Å². The number of hydrogen-bond acceptors (Lipinski definition) is 4. The second-order valence-electron chi connectivity index (χ2n) is 4.59. The minimum absolute atomic E-state index is 0.227. The van der Waals surface area contributed by atoms with Crippen LogP contribution in [0.2, 0.25) is 0 Å². The van der Waals surface area contributed by atoms with Crippen LogP contribution in [0.1, 0.15) is 30.6 Å². The first-order valence-corrected chi connectivity index (χ1v) is 5.83. The summed E-state index contributed by atoms with van der Waals surface area (Å²) < 4.78 is 16.1. The van der Waals surface area contributed by atoms with Crippen molar-refractivity contribution in [1.82, 2.24) is 0 Å². The van der Waals surface area contributed by atoms with Gasteiger partial charge in [0.15, 0.2) is 11.5 Å². The van der Waals surface area contributed by atoms with E-state index in [-0.39, 0.29) is 5.60 Å². The summed E-state index contributed by atoms with van der Waals surface area (Å²) >= 11 is 0. The maximum atomic E-state index is 10.7. The summed E-state index contributed by atoms with van der Waals surface area (Å²) in [5.41, 5.74) is 0.340. The minimum atomic E-state index is -0.227. The second kappa shape index (κ2) is 6.40. The van der Waals surface area contributed by atoms with Gasteiger partial charge in [-0.15, -0.1) is 0 Å². The first kappa shape index (κ1) is 14.5. The fourth-order valence-electron chi connectivity index (χ4n) is 1.39. The summed E-state index contributed by atoms with van der Waals surface area (Å²) in [6.07, 6.45) is 1.53. The summed E-state index contributed by atoms with van der Waals surface area (Å²) in [6, 6.07) is 5.09. The lowest BCUT2D eigenvalue weighted by molar-refractivity contribution is 0.00524. The quantitative estimate of drug-likeness (QED) is 0.700. The number of ether oxygens (including phenoxy) is 3. The molecule has 0 aliphatic heterocycles. The van der Waals surface area contributed by atoms with Crippen molar-refractivity contribution < 1.29 is 19.0 Å². The maximum absolute atomic E-state index is 10.7. The van der Waals surface area contributed by atoms with Gasteiger partial charge in [0.1, 0.15) is 6.29 Å². The highest BCUT2D eigenvalue weighted by Crippen LogP contribution is 2.28. The fraction of sp³-hybridized carbons (Fsp3) is 0.500. The molecule has 0 heterocycles. The first-order valence-electron chi connectivity index (χ1n) is 5.83. The largest absolute Gasteiger partial charge is 0.493 e.